The number of hydrogen-bond donors (Lipinski definition) is 1. The van der Waals surface area contributed by atoms with Crippen molar-refractivity contribution in [2.24, 2.45) is 11.7 Å². The Labute approximate surface area is 116 Å². The van der Waals surface area contributed by atoms with Crippen LogP contribution >= 0.6 is 0 Å². The highest BCUT2D eigenvalue weighted by Gasteiger charge is 2.27. The third kappa shape index (κ3) is 3.48. The number of likely N-dealkylation sites (tertiary alicyclic amines) is 1. The Kier molecular flexibility index (Phi) is 4.83. The van der Waals surface area contributed by atoms with E-state index >= 15 is 0 Å². The van der Waals surface area contributed by atoms with Gasteiger partial charge in [0.1, 0.15) is 5.75 Å². The lowest BCUT2D eigenvalue weighted by molar-refractivity contribution is 0.112. The number of ether oxygens (including phenoxy) is 1. The fourth-order valence-electron chi connectivity index (χ4n) is 3.23. The van der Waals surface area contributed by atoms with Crippen LogP contribution in [-0.2, 0) is 0 Å². The molecule has 1 heterocycles. The van der Waals surface area contributed by atoms with Crippen LogP contribution in [0.15, 0.2) is 24.3 Å². The van der Waals surface area contributed by atoms with Gasteiger partial charge < -0.3 is 10.5 Å². The number of benzene rings is 1. The van der Waals surface area contributed by atoms with E-state index in [0.29, 0.717) is 18.0 Å². The molecular formula is C16H26N2O. The molecule has 2 N–H and O–H groups in total. The molecule has 1 aliphatic rings. The number of piperidine rings is 1. The number of hydrogen-bond acceptors (Lipinski definition) is 3. The summed E-state index contributed by atoms with van der Waals surface area (Å²) in [5.41, 5.74) is 7.54. The quantitative estimate of drug-likeness (QED) is 0.907. The molecule has 1 aliphatic heterocycles. The van der Waals surface area contributed by atoms with Gasteiger partial charge >= 0.3 is 0 Å². The zero-order valence-electron chi connectivity index (χ0n) is 12.3. The van der Waals surface area contributed by atoms with E-state index in [-0.39, 0.29) is 0 Å². The first-order valence-electron chi connectivity index (χ1n) is 7.27. The normalized spacial score (nSPS) is 26.1. The summed E-state index contributed by atoms with van der Waals surface area (Å²) in [6.45, 7) is 6.71. The van der Waals surface area contributed by atoms with Gasteiger partial charge in [-0.2, -0.15) is 0 Å². The number of nitrogens with zero attached hydrogens (tertiary/aromatic N) is 1. The van der Waals surface area contributed by atoms with Crippen LogP contribution in [0.5, 0.6) is 5.75 Å². The minimum Gasteiger partial charge on any atom is -0.497 e. The van der Waals surface area contributed by atoms with Gasteiger partial charge in [0.25, 0.3) is 0 Å². The Morgan fingerprint density at radius 3 is 2.53 bits per heavy atom. The fraction of sp³-hybridized carbons (Fsp3) is 0.625. The van der Waals surface area contributed by atoms with Crippen LogP contribution in [0.4, 0.5) is 0 Å². The highest BCUT2D eigenvalue weighted by molar-refractivity contribution is 5.29. The summed E-state index contributed by atoms with van der Waals surface area (Å²) in [7, 11) is 1.71. The molecule has 0 aliphatic carbocycles. The van der Waals surface area contributed by atoms with Crippen LogP contribution in [0.25, 0.3) is 0 Å². The Morgan fingerprint density at radius 2 is 2.00 bits per heavy atom. The van der Waals surface area contributed by atoms with Crippen LogP contribution in [0.2, 0.25) is 0 Å². The highest BCUT2D eigenvalue weighted by Crippen LogP contribution is 2.29. The van der Waals surface area contributed by atoms with Crippen molar-refractivity contribution in [2.45, 2.75) is 38.8 Å². The van der Waals surface area contributed by atoms with E-state index in [1.807, 2.05) is 12.1 Å². The second-order valence-electron chi connectivity index (χ2n) is 5.75. The molecule has 106 valence electrons. The predicted molar refractivity (Wildman–Crippen MR) is 79.4 cm³/mol. The average Bonchev–Trinajstić information content (AvgIpc) is 2.39. The summed E-state index contributed by atoms with van der Waals surface area (Å²) in [5, 5.41) is 0. The van der Waals surface area contributed by atoms with Gasteiger partial charge in [-0.25, -0.2) is 0 Å². The van der Waals surface area contributed by atoms with Crippen molar-refractivity contribution in [3.8, 4) is 5.75 Å². The Balaban J connectivity index is 2.13. The molecule has 3 nitrogen and oxygen atoms in total. The fourth-order valence-corrected chi connectivity index (χ4v) is 3.23. The van der Waals surface area contributed by atoms with Crippen molar-refractivity contribution in [3.05, 3.63) is 29.8 Å². The highest BCUT2D eigenvalue weighted by atomic mass is 16.5. The lowest BCUT2D eigenvalue weighted by Crippen LogP contribution is -2.47. The van der Waals surface area contributed by atoms with Gasteiger partial charge in [0.15, 0.2) is 0 Å². The van der Waals surface area contributed by atoms with Gasteiger partial charge in [0.2, 0.25) is 0 Å². The minimum atomic E-state index is 0.316. The monoisotopic (exact) mass is 262 g/mol. The molecule has 0 saturated carbocycles. The summed E-state index contributed by atoms with van der Waals surface area (Å²) in [4.78, 5) is 2.54. The Morgan fingerprint density at radius 1 is 1.32 bits per heavy atom. The molecule has 0 radical (unpaired) electrons. The van der Waals surface area contributed by atoms with Crippen molar-refractivity contribution in [3.63, 3.8) is 0 Å². The molecule has 1 aromatic rings. The van der Waals surface area contributed by atoms with Crippen LogP contribution < -0.4 is 10.5 Å². The van der Waals surface area contributed by atoms with Crippen LogP contribution in [-0.4, -0.2) is 31.1 Å². The molecule has 0 amide bonds. The van der Waals surface area contributed by atoms with Crippen LogP contribution in [0.1, 0.15) is 38.3 Å². The first-order chi connectivity index (χ1) is 9.13. The summed E-state index contributed by atoms with van der Waals surface area (Å²) < 4.78 is 5.23. The first-order valence-corrected chi connectivity index (χ1v) is 7.27. The van der Waals surface area contributed by atoms with Crippen LogP contribution in [0.3, 0.4) is 0 Å². The van der Waals surface area contributed by atoms with Crippen molar-refractivity contribution in [1.82, 2.24) is 4.90 Å². The largest absolute Gasteiger partial charge is 0.497 e. The van der Waals surface area contributed by atoms with E-state index < -0.39 is 0 Å². The first kappa shape index (κ1) is 14.4. The van der Waals surface area contributed by atoms with Gasteiger partial charge in [-0.3, -0.25) is 4.90 Å². The smallest absolute Gasteiger partial charge is 0.118 e. The maximum atomic E-state index is 6.17. The number of nitrogens with two attached hydrogens (primary N) is 1. The molecule has 3 atom stereocenters. The standard InChI is InChI=1S/C16H26N2O/c1-4-16(13-5-7-15(19-3)8-6-13)18-10-12(2)9-14(17)11-18/h5-8,12,14,16H,4,9-11,17H2,1-3H3. The van der Waals surface area contributed by atoms with E-state index in [9.17, 15) is 0 Å². The Hall–Kier alpha value is -1.06. The third-order valence-electron chi connectivity index (χ3n) is 4.05. The van der Waals surface area contributed by atoms with E-state index in [1.54, 1.807) is 7.11 Å². The van der Waals surface area contributed by atoms with Gasteiger partial charge in [-0.15, -0.1) is 0 Å². The zero-order valence-corrected chi connectivity index (χ0v) is 12.3. The average molecular weight is 262 g/mol. The number of methoxy groups -OCH3 is 1. The van der Waals surface area contributed by atoms with E-state index in [2.05, 4.69) is 30.9 Å². The van der Waals surface area contributed by atoms with Crippen molar-refractivity contribution in [2.75, 3.05) is 20.2 Å². The molecule has 19 heavy (non-hydrogen) atoms. The molecular weight excluding hydrogens is 236 g/mol. The molecule has 3 unspecified atom stereocenters. The molecule has 1 saturated heterocycles. The molecule has 1 aromatic carbocycles. The van der Waals surface area contributed by atoms with Crippen molar-refractivity contribution >= 4 is 0 Å². The Bertz CT molecular complexity index is 380. The molecule has 3 heteroatoms. The van der Waals surface area contributed by atoms with Crippen molar-refractivity contribution < 1.29 is 4.74 Å². The molecule has 0 aromatic heterocycles. The number of rotatable bonds is 4. The molecule has 1 fully saturated rings. The molecule has 2 rings (SSSR count). The van der Waals surface area contributed by atoms with E-state index in [0.717, 1.165) is 31.7 Å². The van der Waals surface area contributed by atoms with Gasteiger partial charge in [-0.1, -0.05) is 26.0 Å². The van der Waals surface area contributed by atoms with Gasteiger partial charge in [-0.05, 0) is 36.5 Å². The van der Waals surface area contributed by atoms with Crippen molar-refractivity contribution in [1.29, 1.82) is 0 Å². The summed E-state index contributed by atoms with van der Waals surface area (Å²) in [6, 6.07) is 9.24. The lowest BCUT2D eigenvalue weighted by atomic mass is 9.92. The van der Waals surface area contributed by atoms with E-state index in [4.69, 9.17) is 10.5 Å². The van der Waals surface area contributed by atoms with Crippen LogP contribution in [0, 0.1) is 5.92 Å². The minimum absolute atomic E-state index is 0.316. The summed E-state index contributed by atoms with van der Waals surface area (Å²) in [6.07, 6.45) is 2.27. The SMILES string of the molecule is CCC(c1ccc(OC)cc1)N1CC(C)CC(N)C1. The van der Waals surface area contributed by atoms with Gasteiger partial charge in [0, 0.05) is 25.2 Å². The zero-order chi connectivity index (χ0) is 13.8. The summed E-state index contributed by atoms with van der Waals surface area (Å²) in [5.74, 6) is 1.61. The third-order valence-corrected chi connectivity index (χ3v) is 4.05. The summed E-state index contributed by atoms with van der Waals surface area (Å²) >= 11 is 0. The second kappa shape index (κ2) is 6.40. The van der Waals surface area contributed by atoms with E-state index in [1.165, 1.54) is 5.56 Å². The molecule has 0 bridgehead atoms. The predicted octanol–water partition coefficient (Wildman–Crippen LogP) is 2.82. The lowest BCUT2D eigenvalue weighted by Gasteiger charge is -2.40. The van der Waals surface area contributed by atoms with Gasteiger partial charge in [0.05, 0.1) is 7.11 Å². The maximum Gasteiger partial charge on any atom is 0.118 e. The second-order valence-corrected chi connectivity index (χ2v) is 5.75. The topological polar surface area (TPSA) is 38.5 Å². The maximum absolute atomic E-state index is 6.17. The molecule has 0 spiro atoms.